The number of halogens is 1. The van der Waals surface area contributed by atoms with Crippen molar-refractivity contribution >= 4 is 34.8 Å². The Kier molecular flexibility index (Phi) is 5.69. The van der Waals surface area contributed by atoms with E-state index in [4.69, 9.17) is 31.3 Å². The first-order valence-corrected chi connectivity index (χ1v) is 6.97. The molecule has 0 amide bonds. The summed E-state index contributed by atoms with van der Waals surface area (Å²) in [5.74, 6) is -1.21. The van der Waals surface area contributed by atoms with Crippen molar-refractivity contribution in [3.63, 3.8) is 0 Å². The Balaban J connectivity index is 0.000000647. The maximum Gasteiger partial charge on any atom is 0.359 e. The van der Waals surface area contributed by atoms with Crippen LogP contribution in [0, 0.1) is 0 Å². The van der Waals surface area contributed by atoms with Crippen LogP contribution in [-0.4, -0.2) is 38.1 Å². The summed E-state index contributed by atoms with van der Waals surface area (Å²) in [6.45, 7) is -0.0789. The third-order valence-corrected chi connectivity index (χ3v) is 3.39. The highest BCUT2D eigenvalue weighted by atomic mass is 35.5. The molecule has 0 atom stereocenters. The van der Waals surface area contributed by atoms with Gasteiger partial charge in [-0.15, -0.1) is 0 Å². The molecule has 0 spiro atoms. The van der Waals surface area contributed by atoms with Crippen molar-refractivity contribution in [2.45, 2.75) is 6.61 Å². The van der Waals surface area contributed by atoms with Gasteiger partial charge < -0.3 is 14.9 Å². The number of ether oxygens (including phenoxy) is 1. The van der Waals surface area contributed by atoms with E-state index in [1.165, 1.54) is 0 Å². The first-order chi connectivity index (χ1) is 11.6. The largest absolute Gasteiger partial charge is 0.483 e. The van der Waals surface area contributed by atoms with Crippen molar-refractivity contribution in [2.24, 2.45) is 0 Å². The monoisotopic (exact) mass is 349 g/mol. The smallest absolute Gasteiger partial charge is 0.359 e. The van der Waals surface area contributed by atoms with Gasteiger partial charge in [0, 0.05) is 10.4 Å². The number of benzene rings is 2. The topological polar surface area (TPSA) is 125 Å². The number of carboxylic acids is 1. The molecule has 0 fully saturated rings. The van der Waals surface area contributed by atoms with E-state index in [0.29, 0.717) is 5.02 Å². The molecule has 3 rings (SSSR count). The van der Waals surface area contributed by atoms with Gasteiger partial charge in [0.2, 0.25) is 5.69 Å². The number of aromatic nitrogens is 3. The van der Waals surface area contributed by atoms with Gasteiger partial charge in [-0.3, -0.25) is 4.79 Å². The average molecular weight is 350 g/mol. The fourth-order valence-electron chi connectivity index (χ4n) is 2.06. The zero-order chi connectivity index (χ0) is 17.5. The fourth-order valence-corrected chi connectivity index (χ4v) is 2.28. The van der Waals surface area contributed by atoms with Crippen LogP contribution in [0.5, 0.6) is 5.88 Å². The molecular weight excluding hydrogens is 338 g/mol. The minimum atomic E-state index is -1.17. The number of carboxylic acid groups (broad SMARTS) is 2. The zero-order valence-electron chi connectivity index (χ0n) is 12.1. The molecule has 1 heterocycles. The molecular formula is C15H12ClN3O5. The van der Waals surface area contributed by atoms with Crippen LogP contribution < -0.4 is 4.74 Å². The lowest BCUT2D eigenvalue weighted by molar-refractivity contribution is -0.122. The molecule has 9 heteroatoms. The van der Waals surface area contributed by atoms with Crippen molar-refractivity contribution in [3.05, 3.63) is 52.7 Å². The van der Waals surface area contributed by atoms with Crippen LogP contribution in [0.1, 0.15) is 16.1 Å². The number of aromatic amines is 1. The molecule has 0 radical (unpaired) electrons. The number of nitrogens with one attached hydrogen (secondary N) is 1. The molecule has 0 aliphatic rings. The highest BCUT2D eigenvalue weighted by Gasteiger charge is 2.16. The van der Waals surface area contributed by atoms with Crippen LogP contribution in [0.25, 0.3) is 10.8 Å². The molecule has 0 saturated carbocycles. The van der Waals surface area contributed by atoms with Crippen molar-refractivity contribution in [1.82, 2.24) is 15.4 Å². The number of rotatable bonds is 4. The molecule has 1 aromatic heterocycles. The van der Waals surface area contributed by atoms with Crippen LogP contribution in [0.4, 0.5) is 0 Å². The first-order valence-electron chi connectivity index (χ1n) is 6.59. The third kappa shape index (κ3) is 3.79. The first kappa shape index (κ1) is 17.2. The van der Waals surface area contributed by atoms with Crippen molar-refractivity contribution in [2.75, 3.05) is 0 Å². The van der Waals surface area contributed by atoms with Crippen molar-refractivity contribution in [1.29, 1.82) is 0 Å². The molecule has 0 aliphatic carbocycles. The Hall–Kier alpha value is -3.13. The summed E-state index contributed by atoms with van der Waals surface area (Å²) < 4.78 is 5.44. The van der Waals surface area contributed by atoms with E-state index in [2.05, 4.69) is 15.4 Å². The van der Waals surface area contributed by atoms with Crippen LogP contribution in [0.15, 0.2) is 36.4 Å². The van der Waals surface area contributed by atoms with Gasteiger partial charge in [0.15, 0.2) is 0 Å². The van der Waals surface area contributed by atoms with Gasteiger partial charge in [0.25, 0.3) is 12.4 Å². The number of aromatic carboxylic acids is 1. The lowest BCUT2D eigenvalue weighted by Crippen LogP contribution is -2.03. The second-order valence-corrected chi connectivity index (χ2v) is 4.85. The molecule has 2 aromatic carbocycles. The predicted molar refractivity (Wildman–Crippen MR) is 85.3 cm³/mol. The summed E-state index contributed by atoms with van der Waals surface area (Å²) >= 11 is 6.15. The number of carbonyl (C=O) groups is 2. The van der Waals surface area contributed by atoms with Gasteiger partial charge in [-0.2, -0.15) is 0 Å². The Morgan fingerprint density at radius 3 is 2.58 bits per heavy atom. The maximum atomic E-state index is 10.9. The molecule has 8 nitrogen and oxygen atoms in total. The SMILES string of the molecule is O=C(O)c1[nH]nnc1OCc1ccc(Cl)c2ccccc12.O=CO. The lowest BCUT2D eigenvalue weighted by Gasteiger charge is -2.08. The zero-order valence-corrected chi connectivity index (χ0v) is 12.9. The van der Waals surface area contributed by atoms with Gasteiger partial charge in [-0.05, 0) is 17.0 Å². The Morgan fingerprint density at radius 2 is 1.92 bits per heavy atom. The van der Waals surface area contributed by atoms with Gasteiger partial charge in [0.05, 0.1) is 0 Å². The van der Waals surface area contributed by atoms with E-state index in [1.54, 1.807) is 6.07 Å². The molecule has 0 bridgehead atoms. The number of nitrogens with zero attached hydrogens (tertiary/aromatic N) is 2. The highest BCUT2D eigenvalue weighted by molar-refractivity contribution is 6.35. The standard InChI is InChI=1S/C14H10ClN3O3.CH2O2/c15-11-6-5-8(9-3-1-2-4-10(9)11)7-21-13-12(14(19)20)16-18-17-13;2-1-3/h1-6H,7H2,(H,19,20)(H,16,17,18);1H,(H,2,3). The summed E-state index contributed by atoms with van der Waals surface area (Å²) in [4.78, 5) is 19.3. The second kappa shape index (κ2) is 7.93. The molecule has 124 valence electrons. The normalized spacial score (nSPS) is 9.88. The van der Waals surface area contributed by atoms with Gasteiger partial charge in [-0.1, -0.05) is 52.2 Å². The number of H-pyrrole nitrogens is 1. The van der Waals surface area contributed by atoms with E-state index in [-0.39, 0.29) is 24.7 Å². The predicted octanol–water partition coefficient (Wildman–Crippen LogP) is 2.59. The number of hydrogen-bond donors (Lipinski definition) is 3. The minimum absolute atomic E-state index is 0.0402. The van der Waals surface area contributed by atoms with Crippen LogP contribution in [-0.2, 0) is 11.4 Å². The Morgan fingerprint density at radius 1 is 1.25 bits per heavy atom. The second-order valence-electron chi connectivity index (χ2n) is 4.44. The van der Waals surface area contributed by atoms with E-state index in [9.17, 15) is 4.79 Å². The Bertz CT molecular complexity index is 865. The van der Waals surface area contributed by atoms with Crippen LogP contribution in [0.2, 0.25) is 5.02 Å². The van der Waals surface area contributed by atoms with E-state index in [0.717, 1.165) is 16.3 Å². The summed E-state index contributed by atoms with van der Waals surface area (Å²) in [6, 6.07) is 11.3. The fraction of sp³-hybridized carbons (Fsp3) is 0.0667. The average Bonchev–Trinajstić information content (AvgIpc) is 3.04. The molecule has 3 aromatic rings. The molecule has 3 N–H and O–H groups in total. The Labute approximate surface area is 140 Å². The van der Waals surface area contributed by atoms with E-state index < -0.39 is 5.97 Å². The van der Waals surface area contributed by atoms with E-state index in [1.807, 2.05) is 30.3 Å². The lowest BCUT2D eigenvalue weighted by atomic mass is 10.1. The number of hydrogen-bond acceptors (Lipinski definition) is 5. The minimum Gasteiger partial charge on any atom is -0.483 e. The molecule has 0 aliphatic heterocycles. The summed E-state index contributed by atoms with van der Waals surface area (Å²) in [5.41, 5.74) is 0.711. The van der Waals surface area contributed by atoms with Crippen LogP contribution in [0.3, 0.4) is 0 Å². The molecule has 0 unspecified atom stereocenters. The van der Waals surface area contributed by atoms with Crippen LogP contribution >= 0.6 is 11.6 Å². The van der Waals surface area contributed by atoms with Crippen molar-refractivity contribution in [3.8, 4) is 5.88 Å². The van der Waals surface area contributed by atoms with Gasteiger partial charge >= 0.3 is 5.97 Å². The van der Waals surface area contributed by atoms with Gasteiger partial charge in [0.1, 0.15) is 6.61 Å². The maximum absolute atomic E-state index is 10.9. The molecule has 0 saturated heterocycles. The van der Waals surface area contributed by atoms with Crippen molar-refractivity contribution < 1.29 is 24.5 Å². The van der Waals surface area contributed by atoms with Gasteiger partial charge in [-0.25, -0.2) is 9.89 Å². The third-order valence-electron chi connectivity index (χ3n) is 3.06. The quantitative estimate of drug-likeness (QED) is 0.618. The summed E-state index contributed by atoms with van der Waals surface area (Å²) in [7, 11) is 0. The number of fused-ring (bicyclic) bond motifs is 1. The summed E-state index contributed by atoms with van der Waals surface area (Å²) in [5, 5.41) is 27.7. The molecule has 24 heavy (non-hydrogen) atoms. The highest BCUT2D eigenvalue weighted by Crippen LogP contribution is 2.27. The van der Waals surface area contributed by atoms with E-state index >= 15 is 0 Å². The summed E-state index contributed by atoms with van der Waals surface area (Å²) in [6.07, 6.45) is 0.